The van der Waals surface area contributed by atoms with Crippen LogP contribution in [0.3, 0.4) is 0 Å². The lowest BCUT2D eigenvalue weighted by Gasteiger charge is -2.25. The Labute approximate surface area is 120 Å². The third-order valence-electron chi connectivity index (χ3n) is 4.30. The molecule has 0 spiro atoms. The largest absolute Gasteiger partial charge is 0.295 e. The van der Waals surface area contributed by atoms with E-state index in [0.717, 1.165) is 12.5 Å². The van der Waals surface area contributed by atoms with E-state index in [9.17, 15) is 0 Å². The second-order valence-corrected chi connectivity index (χ2v) is 5.82. The first kappa shape index (κ1) is 13.3. The van der Waals surface area contributed by atoms with Crippen molar-refractivity contribution in [2.45, 2.75) is 38.3 Å². The maximum Gasteiger partial charge on any atom is 0.0537 e. The third kappa shape index (κ3) is 2.61. The Kier molecular flexibility index (Phi) is 3.57. The molecule has 1 aliphatic rings. The molecule has 3 rings (SSSR count). The maximum atomic E-state index is 4.44. The van der Waals surface area contributed by atoms with Gasteiger partial charge in [0.1, 0.15) is 0 Å². The van der Waals surface area contributed by atoms with Crippen LogP contribution in [0.4, 0.5) is 0 Å². The van der Waals surface area contributed by atoms with Gasteiger partial charge in [0, 0.05) is 49.2 Å². The lowest BCUT2D eigenvalue weighted by Crippen LogP contribution is -2.22. The zero-order valence-electron chi connectivity index (χ0n) is 12.5. The fraction of sp³-hybridized carbons (Fsp3) is 0.500. The van der Waals surface area contributed by atoms with Gasteiger partial charge in [0.25, 0.3) is 0 Å². The first-order valence-electron chi connectivity index (χ1n) is 7.27. The Morgan fingerprint density at radius 2 is 2.05 bits per heavy atom. The fourth-order valence-electron chi connectivity index (χ4n) is 2.80. The van der Waals surface area contributed by atoms with Gasteiger partial charge in [0.05, 0.1) is 6.20 Å². The molecule has 2 aromatic heterocycles. The molecule has 0 N–H and O–H groups in total. The van der Waals surface area contributed by atoms with Gasteiger partial charge in [0.15, 0.2) is 0 Å². The van der Waals surface area contributed by atoms with Crippen molar-refractivity contribution in [2.24, 2.45) is 7.05 Å². The van der Waals surface area contributed by atoms with Gasteiger partial charge in [-0.05, 0) is 44.5 Å². The zero-order valence-corrected chi connectivity index (χ0v) is 12.5. The van der Waals surface area contributed by atoms with Crippen molar-refractivity contribution in [1.82, 2.24) is 19.7 Å². The van der Waals surface area contributed by atoms with E-state index in [2.05, 4.69) is 52.8 Å². The van der Waals surface area contributed by atoms with Crippen molar-refractivity contribution in [3.63, 3.8) is 0 Å². The fourth-order valence-corrected chi connectivity index (χ4v) is 2.80. The van der Waals surface area contributed by atoms with E-state index in [1.165, 1.54) is 29.7 Å². The van der Waals surface area contributed by atoms with Crippen molar-refractivity contribution in [1.29, 1.82) is 0 Å². The lowest BCUT2D eigenvalue weighted by molar-refractivity contribution is 0.252. The Hall–Kier alpha value is -1.68. The second kappa shape index (κ2) is 5.37. The van der Waals surface area contributed by atoms with Crippen LogP contribution in [-0.2, 0) is 13.6 Å². The van der Waals surface area contributed by atoms with E-state index in [1.54, 1.807) is 0 Å². The van der Waals surface area contributed by atoms with E-state index in [0.29, 0.717) is 6.04 Å². The molecule has 2 aromatic rings. The van der Waals surface area contributed by atoms with Crippen LogP contribution < -0.4 is 0 Å². The molecule has 0 radical (unpaired) electrons. The molecule has 0 unspecified atom stereocenters. The predicted molar refractivity (Wildman–Crippen MR) is 79.3 cm³/mol. The molecule has 0 bridgehead atoms. The summed E-state index contributed by atoms with van der Waals surface area (Å²) in [4.78, 5) is 6.46. The average Bonchev–Trinajstić information content (AvgIpc) is 3.24. The van der Waals surface area contributed by atoms with Gasteiger partial charge in [0.2, 0.25) is 0 Å². The second-order valence-electron chi connectivity index (χ2n) is 5.82. The standard InChI is InChI=1S/C16H22N4/c1-12(13-6-8-17-9-7-13)19(2)11-15-10-18-20(3)16(15)14-4-5-14/h6-10,12,14H,4-5,11H2,1-3H3/t12-/m0/s1. The molecule has 0 saturated heterocycles. The lowest BCUT2D eigenvalue weighted by atomic mass is 10.1. The van der Waals surface area contributed by atoms with Crippen molar-refractivity contribution in [2.75, 3.05) is 7.05 Å². The van der Waals surface area contributed by atoms with Crippen LogP contribution in [0, 0.1) is 0 Å². The highest BCUT2D eigenvalue weighted by molar-refractivity contribution is 5.26. The number of nitrogens with zero attached hydrogens (tertiary/aromatic N) is 4. The Morgan fingerprint density at radius 3 is 2.70 bits per heavy atom. The zero-order chi connectivity index (χ0) is 14.1. The third-order valence-corrected chi connectivity index (χ3v) is 4.30. The molecule has 0 aliphatic heterocycles. The van der Waals surface area contributed by atoms with Crippen molar-refractivity contribution < 1.29 is 0 Å². The van der Waals surface area contributed by atoms with Gasteiger partial charge < -0.3 is 0 Å². The van der Waals surface area contributed by atoms with Crippen LogP contribution in [-0.4, -0.2) is 26.7 Å². The van der Waals surface area contributed by atoms with Gasteiger partial charge in [-0.15, -0.1) is 0 Å². The molecule has 0 amide bonds. The summed E-state index contributed by atoms with van der Waals surface area (Å²) in [5.74, 6) is 0.738. The van der Waals surface area contributed by atoms with E-state index in [1.807, 2.05) is 18.6 Å². The van der Waals surface area contributed by atoms with Crippen LogP contribution in [0.25, 0.3) is 0 Å². The van der Waals surface area contributed by atoms with E-state index >= 15 is 0 Å². The highest BCUT2D eigenvalue weighted by Crippen LogP contribution is 2.41. The summed E-state index contributed by atoms with van der Waals surface area (Å²) in [7, 11) is 4.23. The molecule has 1 saturated carbocycles. The first-order chi connectivity index (χ1) is 9.66. The van der Waals surface area contributed by atoms with Crippen molar-refractivity contribution in [3.8, 4) is 0 Å². The Morgan fingerprint density at radius 1 is 1.35 bits per heavy atom. The van der Waals surface area contributed by atoms with Gasteiger partial charge >= 0.3 is 0 Å². The topological polar surface area (TPSA) is 34.0 Å². The number of aryl methyl sites for hydroxylation is 1. The highest BCUT2D eigenvalue weighted by atomic mass is 15.3. The van der Waals surface area contributed by atoms with Crippen LogP contribution in [0.1, 0.15) is 48.5 Å². The van der Waals surface area contributed by atoms with Gasteiger partial charge in [-0.1, -0.05) is 0 Å². The molecule has 20 heavy (non-hydrogen) atoms. The van der Waals surface area contributed by atoms with Crippen LogP contribution in [0.2, 0.25) is 0 Å². The number of pyridine rings is 1. The number of hydrogen-bond acceptors (Lipinski definition) is 3. The summed E-state index contributed by atoms with van der Waals surface area (Å²) in [6.45, 7) is 3.19. The quantitative estimate of drug-likeness (QED) is 0.837. The molecule has 4 heteroatoms. The van der Waals surface area contributed by atoms with E-state index in [-0.39, 0.29) is 0 Å². The predicted octanol–water partition coefficient (Wildman–Crippen LogP) is 2.89. The van der Waals surface area contributed by atoms with Gasteiger partial charge in [-0.2, -0.15) is 5.10 Å². The Bertz CT molecular complexity index is 571. The maximum absolute atomic E-state index is 4.44. The molecular weight excluding hydrogens is 248 g/mol. The van der Waals surface area contributed by atoms with Crippen LogP contribution >= 0.6 is 0 Å². The molecule has 2 heterocycles. The SMILES string of the molecule is C[C@@H](c1ccncc1)N(C)Cc1cnn(C)c1C1CC1. The molecule has 106 valence electrons. The van der Waals surface area contributed by atoms with E-state index < -0.39 is 0 Å². The normalized spacial score (nSPS) is 16.6. The van der Waals surface area contributed by atoms with Gasteiger partial charge in [-0.25, -0.2) is 0 Å². The number of aromatic nitrogens is 3. The summed E-state index contributed by atoms with van der Waals surface area (Å²) >= 11 is 0. The van der Waals surface area contributed by atoms with E-state index in [4.69, 9.17) is 0 Å². The van der Waals surface area contributed by atoms with Crippen LogP contribution in [0.5, 0.6) is 0 Å². The van der Waals surface area contributed by atoms with Crippen molar-refractivity contribution in [3.05, 3.63) is 47.5 Å². The van der Waals surface area contributed by atoms with Crippen LogP contribution in [0.15, 0.2) is 30.7 Å². The summed E-state index contributed by atoms with van der Waals surface area (Å²) in [5.41, 5.74) is 4.11. The molecular formula is C16H22N4. The Balaban J connectivity index is 1.74. The summed E-state index contributed by atoms with van der Waals surface area (Å²) in [6, 6.07) is 4.56. The number of hydrogen-bond donors (Lipinski definition) is 0. The first-order valence-corrected chi connectivity index (χ1v) is 7.27. The average molecular weight is 270 g/mol. The molecule has 4 nitrogen and oxygen atoms in total. The molecule has 1 atom stereocenters. The molecule has 1 aliphatic carbocycles. The minimum Gasteiger partial charge on any atom is -0.295 e. The number of rotatable bonds is 5. The monoisotopic (exact) mass is 270 g/mol. The molecule has 0 aromatic carbocycles. The molecule has 1 fully saturated rings. The van der Waals surface area contributed by atoms with Crippen molar-refractivity contribution >= 4 is 0 Å². The highest BCUT2D eigenvalue weighted by Gasteiger charge is 2.29. The minimum atomic E-state index is 0.380. The summed E-state index contributed by atoms with van der Waals surface area (Å²) in [6.07, 6.45) is 8.38. The summed E-state index contributed by atoms with van der Waals surface area (Å²) < 4.78 is 2.05. The van der Waals surface area contributed by atoms with Gasteiger partial charge in [-0.3, -0.25) is 14.6 Å². The smallest absolute Gasteiger partial charge is 0.0537 e. The minimum absolute atomic E-state index is 0.380. The summed E-state index contributed by atoms with van der Waals surface area (Å²) in [5, 5.41) is 4.44.